The number of hydrogen-bond donors (Lipinski definition) is 0. The first-order valence-electron chi connectivity index (χ1n) is 8.71. The number of nitrogens with zero attached hydrogens (tertiary/aromatic N) is 3. The van der Waals surface area contributed by atoms with E-state index in [1.807, 2.05) is 35.2 Å². The maximum Gasteiger partial charge on any atom is 0.255 e. The summed E-state index contributed by atoms with van der Waals surface area (Å²) in [5.74, 6) is 0.0538. The third kappa shape index (κ3) is 4.05. The zero-order valence-corrected chi connectivity index (χ0v) is 14.5. The Labute approximate surface area is 148 Å². The van der Waals surface area contributed by atoms with Crippen molar-refractivity contribution in [2.45, 2.75) is 32.4 Å². The summed E-state index contributed by atoms with van der Waals surface area (Å²) in [4.78, 5) is 33.1. The molecule has 0 N–H and O–H groups in total. The van der Waals surface area contributed by atoms with Gasteiger partial charge in [-0.05, 0) is 24.1 Å². The fraction of sp³-hybridized carbons (Fsp3) is 0.350. The van der Waals surface area contributed by atoms with Crippen LogP contribution in [0.5, 0.6) is 0 Å². The van der Waals surface area contributed by atoms with Crippen LogP contribution in [0.25, 0.3) is 0 Å². The van der Waals surface area contributed by atoms with Crippen LogP contribution < -0.4 is 0 Å². The van der Waals surface area contributed by atoms with E-state index in [2.05, 4.69) is 11.9 Å². The van der Waals surface area contributed by atoms with Gasteiger partial charge >= 0.3 is 0 Å². The van der Waals surface area contributed by atoms with Crippen molar-refractivity contribution in [3.63, 3.8) is 0 Å². The van der Waals surface area contributed by atoms with Crippen LogP contribution >= 0.6 is 0 Å². The van der Waals surface area contributed by atoms with Crippen molar-refractivity contribution < 1.29 is 9.59 Å². The van der Waals surface area contributed by atoms with Crippen LogP contribution in [0, 0.1) is 0 Å². The highest BCUT2D eigenvalue weighted by molar-refractivity contribution is 5.94. The lowest BCUT2D eigenvalue weighted by Gasteiger charge is -2.31. The van der Waals surface area contributed by atoms with Gasteiger partial charge < -0.3 is 9.80 Å². The Kier molecular flexibility index (Phi) is 5.43. The number of hydrogen-bond acceptors (Lipinski definition) is 3. The summed E-state index contributed by atoms with van der Waals surface area (Å²) in [6.07, 6.45) is 4.40. The van der Waals surface area contributed by atoms with Gasteiger partial charge in [-0.2, -0.15) is 0 Å². The van der Waals surface area contributed by atoms with E-state index in [9.17, 15) is 9.59 Å². The molecule has 5 heteroatoms. The third-order valence-corrected chi connectivity index (χ3v) is 4.65. The summed E-state index contributed by atoms with van der Waals surface area (Å²) in [7, 11) is 0. The predicted molar refractivity (Wildman–Crippen MR) is 95.8 cm³/mol. The molecule has 5 nitrogen and oxygen atoms in total. The van der Waals surface area contributed by atoms with Gasteiger partial charge in [-0.25, -0.2) is 0 Å². The minimum absolute atomic E-state index is 0.0239. The molecule has 2 aromatic rings. The Hall–Kier alpha value is -2.69. The minimum Gasteiger partial charge on any atom is -0.336 e. The number of pyridine rings is 1. The van der Waals surface area contributed by atoms with Crippen LogP contribution in [0.4, 0.5) is 0 Å². The zero-order valence-electron chi connectivity index (χ0n) is 14.5. The van der Waals surface area contributed by atoms with E-state index in [1.165, 1.54) is 0 Å². The second-order valence-corrected chi connectivity index (χ2v) is 6.31. The molecule has 2 heterocycles. The Morgan fingerprint density at radius 3 is 2.68 bits per heavy atom. The monoisotopic (exact) mass is 337 g/mol. The smallest absolute Gasteiger partial charge is 0.255 e. The van der Waals surface area contributed by atoms with Gasteiger partial charge in [0.05, 0.1) is 5.56 Å². The van der Waals surface area contributed by atoms with Gasteiger partial charge in [0.25, 0.3) is 5.91 Å². The molecule has 0 radical (unpaired) electrons. The molecule has 0 unspecified atom stereocenters. The Balaban J connectivity index is 1.77. The standard InChI is InChI=1S/C20H23N3O2/c1-2-18-15-22(20(25)17-9-6-11-21-13-17)12-10-19(24)23(18)14-16-7-4-3-5-8-16/h3-9,11,13,18H,2,10,12,14-15H2,1H3/t18-/m1/s1. The lowest BCUT2D eigenvalue weighted by atomic mass is 10.1. The molecule has 3 rings (SSSR count). The molecule has 0 spiro atoms. The zero-order chi connectivity index (χ0) is 17.6. The first kappa shape index (κ1) is 17.1. The molecule has 130 valence electrons. The quantitative estimate of drug-likeness (QED) is 0.862. The van der Waals surface area contributed by atoms with Crippen molar-refractivity contribution in [3.8, 4) is 0 Å². The number of rotatable bonds is 4. The molecule has 0 bridgehead atoms. The van der Waals surface area contributed by atoms with Crippen molar-refractivity contribution in [2.24, 2.45) is 0 Å². The second-order valence-electron chi connectivity index (χ2n) is 6.31. The van der Waals surface area contributed by atoms with Gasteiger partial charge in [0.1, 0.15) is 0 Å². The molecule has 1 atom stereocenters. The SMILES string of the molecule is CC[C@@H]1CN(C(=O)c2cccnc2)CCC(=O)N1Cc1ccccc1. The molecule has 1 aromatic heterocycles. The summed E-state index contributed by atoms with van der Waals surface area (Å²) in [6.45, 7) is 3.66. The number of benzene rings is 1. The molecule has 0 aliphatic carbocycles. The first-order valence-corrected chi connectivity index (χ1v) is 8.71. The van der Waals surface area contributed by atoms with Gasteiger partial charge in [0.2, 0.25) is 5.91 Å². The minimum atomic E-state index is -0.0547. The van der Waals surface area contributed by atoms with Crippen LogP contribution in [-0.4, -0.2) is 45.7 Å². The van der Waals surface area contributed by atoms with E-state index in [0.29, 0.717) is 31.6 Å². The normalized spacial score (nSPS) is 18.1. The fourth-order valence-electron chi connectivity index (χ4n) is 3.23. The lowest BCUT2D eigenvalue weighted by Crippen LogP contribution is -2.43. The van der Waals surface area contributed by atoms with Crippen LogP contribution in [0.3, 0.4) is 0 Å². The highest BCUT2D eigenvalue weighted by Crippen LogP contribution is 2.19. The van der Waals surface area contributed by atoms with E-state index in [-0.39, 0.29) is 17.9 Å². The van der Waals surface area contributed by atoms with E-state index in [4.69, 9.17) is 0 Å². The summed E-state index contributed by atoms with van der Waals surface area (Å²) in [6, 6.07) is 13.6. The maximum absolute atomic E-state index is 12.7. The highest BCUT2D eigenvalue weighted by atomic mass is 16.2. The topological polar surface area (TPSA) is 53.5 Å². The summed E-state index contributed by atoms with van der Waals surface area (Å²) >= 11 is 0. The molecule has 1 saturated heterocycles. The molecular weight excluding hydrogens is 314 g/mol. The van der Waals surface area contributed by atoms with Crippen molar-refractivity contribution in [1.29, 1.82) is 0 Å². The Morgan fingerprint density at radius 2 is 2.00 bits per heavy atom. The van der Waals surface area contributed by atoms with E-state index in [1.54, 1.807) is 29.4 Å². The summed E-state index contributed by atoms with van der Waals surface area (Å²) in [5.41, 5.74) is 1.68. The molecule has 1 aliphatic heterocycles. The van der Waals surface area contributed by atoms with Crippen molar-refractivity contribution in [3.05, 3.63) is 66.0 Å². The van der Waals surface area contributed by atoms with Gasteiger partial charge in [0.15, 0.2) is 0 Å². The molecule has 2 amide bonds. The Morgan fingerprint density at radius 1 is 1.20 bits per heavy atom. The van der Waals surface area contributed by atoms with Crippen LogP contribution in [0.2, 0.25) is 0 Å². The molecular formula is C20H23N3O2. The fourth-order valence-corrected chi connectivity index (χ4v) is 3.23. The highest BCUT2D eigenvalue weighted by Gasteiger charge is 2.31. The van der Waals surface area contributed by atoms with E-state index < -0.39 is 0 Å². The average molecular weight is 337 g/mol. The molecule has 1 aromatic carbocycles. The Bertz CT molecular complexity index is 718. The third-order valence-electron chi connectivity index (χ3n) is 4.65. The molecule has 1 fully saturated rings. The number of amides is 2. The molecule has 0 saturated carbocycles. The number of carbonyl (C=O) groups excluding carboxylic acids is 2. The van der Waals surface area contributed by atoms with Crippen molar-refractivity contribution in [1.82, 2.24) is 14.8 Å². The summed E-state index contributed by atoms with van der Waals surface area (Å²) in [5, 5.41) is 0. The van der Waals surface area contributed by atoms with Crippen LogP contribution in [0.1, 0.15) is 35.7 Å². The molecule has 25 heavy (non-hydrogen) atoms. The van der Waals surface area contributed by atoms with E-state index >= 15 is 0 Å². The average Bonchev–Trinajstić information content (AvgIpc) is 2.82. The summed E-state index contributed by atoms with van der Waals surface area (Å²) < 4.78 is 0. The van der Waals surface area contributed by atoms with Crippen molar-refractivity contribution in [2.75, 3.05) is 13.1 Å². The van der Waals surface area contributed by atoms with Crippen LogP contribution in [-0.2, 0) is 11.3 Å². The number of aromatic nitrogens is 1. The van der Waals surface area contributed by atoms with Crippen molar-refractivity contribution >= 4 is 11.8 Å². The largest absolute Gasteiger partial charge is 0.336 e. The van der Waals surface area contributed by atoms with Gasteiger partial charge in [0, 0.05) is 44.5 Å². The number of carbonyl (C=O) groups is 2. The lowest BCUT2D eigenvalue weighted by molar-refractivity contribution is -0.133. The van der Waals surface area contributed by atoms with Crippen LogP contribution in [0.15, 0.2) is 54.9 Å². The van der Waals surface area contributed by atoms with Gasteiger partial charge in [-0.15, -0.1) is 0 Å². The second kappa shape index (κ2) is 7.92. The predicted octanol–water partition coefficient (Wildman–Crippen LogP) is 2.73. The maximum atomic E-state index is 12.7. The molecule has 1 aliphatic rings. The van der Waals surface area contributed by atoms with E-state index in [0.717, 1.165) is 12.0 Å². The van der Waals surface area contributed by atoms with Gasteiger partial charge in [-0.1, -0.05) is 37.3 Å². The van der Waals surface area contributed by atoms with Gasteiger partial charge in [-0.3, -0.25) is 14.6 Å². The first-order chi connectivity index (χ1) is 12.2.